The summed E-state index contributed by atoms with van der Waals surface area (Å²) in [4.78, 5) is 26.2. The van der Waals surface area contributed by atoms with Gasteiger partial charge in [-0.3, -0.25) is 4.79 Å². The lowest BCUT2D eigenvalue weighted by atomic mass is 9.12. The first-order valence-electron chi connectivity index (χ1n) is 22.9. The average Bonchev–Trinajstić information content (AvgIpc) is 3.46. The van der Waals surface area contributed by atoms with Crippen LogP contribution in [0.3, 0.4) is 0 Å². The van der Waals surface area contributed by atoms with Gasteiger partial charge in [0.2, 0.25) is 17.8 Å². The van der Waals surface area contributed by atoms with E-state index in [4.69, 9.17) is 4.74 Å². The van der Waals surface area contributed by atoms with E-state index in [0.29, 0.717) is 22.9 Å². The van der Waals surface area contributed by atoms with E-state index in [0.717, 1.165) is 10.9 Å². The van der Waals surface area contributed by atoms with Gasteiger partial charge in [0, 0.05) is 23.1 Å². The molecular weight excluding hydrogens is 1100 g/mol. The summed E-state index contributed by atoms with van der Waals surface area (Å²) in [5.41, 5.74) is -11.2. The highest BCUT2D eigenvalue weighted by Gasteiger charge is 2.52. The van der Waals surface area contributed by atoms with E-state index in [1.54, 1.807) is 22.8 Å². The van der Waals surface area contributed by atoms with Gasteiger partial charge in [0.1, 0.15) is 58.4 Å². The van der Waals surface area contributed by atoms with E-state index in [2.05, 4.69) is 12.1 Å². The molecule has 0 N–H and O–H groups in total. The topological polar surface area (TPSA) is 47.2 Å². The molecule has 410 valence electrons. The molecule has 9 rings (SSSR count). The van der Waals surface area contributed by atoms with Crippen molar-refractivity contribution in [2.45, 2.75) is 44.6 Å². The van der Waals surface area contributed by atoms with Gasteiger partial charge in [-0.1, -0.05) is 73.9 Å². The van der Waals surface area contributed by atoms with Gasteiger partial charge in [-0.15, -0.1) is 21.9 Å². The molecule has 1 heterocycles. The fourth-order valence-electron chi connectivity index (χ4n) is 9.75. The predicted molar refractivity (Wildman–Crippen MR) is 241 cm³/mol. The smallest absolute Gasteiger partial charge is 0.409 e. The highest BCUT2D eigenvalue weighted by atomic mass is 19.2. The number of hydrogen-bond acceptors (Lipinski definition) is 3. The monoisotopic (exact) mass is 1130 g/mol. The van der Waals surface area contributed by atoms with Gasteiger partial charge in [0.15, 0.2) is 69.8 Å². The molecule has 4 nitrogen and oxygen atoms in total. The molecule has 8 aromatic rings. The summed E-state index contributed by atoms with van der Waals surface area (Å²) in [6.07, 6.45) is -0.872. The molecule has 1 saturated carbocycles. The van der Waals surface area contributed by atoms with Crippen molar-refractivity contribution in [1.82, 2.24) is 0 Å². The Labute approximate surface area is 431 Å². The Hall–Kier alpha value is -8.25. The maximum absolute atomic E-state index is 15.4. The van der Waals surface area contributed by atoms with Crippen LogP contribution in [0.5, 0.6) is 5.75 Å². The van der Waals surface area contributed by atoms with Crippen molar-refractivity contribution in [3.05, 3.63) is 224 Å². The van der Waals surface area contributed by atoms with Gasteiger partial charge in [0.25, 0.3) is 5.69 Å². The van der Waals surface area contributed by atoms with Crippen LogP contribution in [-0.2, 0) is 6.54 Å². The lowest BCUT2D eigenvalue weighted by Crippen LogP contribution is -2.81. The molecule has 1 fully saturated rings. The van der Waals surface area contributed by atoms with Crippen LogP contribution in [0.4, 0.5) is 87.8 Å². The van der Waals surface area contributed by atoms with Gasteiger partial charge in [-0.25, -0.2) is 92.6 Å². The Morgan fingerprint density at radius 1 is 0.405 bits per heavy atom. The molecule has 0 bridgehead atoms. The van der Waals surface area contributed by atoms with Crippen LogP contribution in [-0.4, -0.2) is 17.9 Å². The summed E-state index contributed by atoms with van der Waals surface area (Å²) < 4.78 is 301. The van der Waals surface area contributed by atoms with Crippen LogP contribution in [0.2, 0.25) is 0 Å². The van der Waals surface area contributed by atoms with Crippen LogP contribution in [0, 0.1) is 116 Å². The van der Waals surface area contributed by atoms with Crippen LogP contribution in [0.1, 0.15) is 64.4 Å². The molecule has 25 heteroatoms. The number of benzene rings is 7. The number of hydrogen-bond donors (Lipinski definition) is 0. The number of para-hydroxylation sites is 1. The minimum Gasteiger partial charge on any atom is -0.419 e. The molecule has 0 radical (unpaired) electrons. The zero-order valence-electron chi connectivity index (χ0n) is 39.3. The summed E-state index contributed by atoms with van der Waals surface area (Å²) in [6.45, 7) is 0.0520. The second kappa shape index (κ2) is 22.2. The summed E-state index contributed by atoms with van der Waals surface area (Å²) in [7, 11) is 0. The maximum Gasteiger partial charge on any atom is 0.409 e. The number of ether oxygens (including phenoxy) is 1. The fourth-order valence-corrected chi connectivity index (χ4v) is 9.75. The minimum absolute atomic E-state index is 0.0520. The number of fused-ring (bicyclic) bond motifs is 1. The summed E-state index contributed by atoms with van der Waals surface area (Å²) >= 11 is 0. The Morgan fingerprint density at radius 2 is 0.759 bits per heavy atom. The molecule has 0 saturated heterocycles. The number of carbonyl (C=O) groups is 2. The van der Waals surface area contributed by atoms with E-state index in [1.165, 1.54) is 37.7 Å². The Kier molecular flexibility index (Phi) is 16.0. The average molecular weight is 1130 g/mol. The molecule has 79 heavy (non-hydrogen) atoms. The third-order valence-corrected chi connectivity index (χ3v) is 13.4. The second-order valence-corrected chi connectivity index (χ2v) is 17.7. The minimum atomic E-state index is -7.22. The molecule has 1 aromatic heterocycles. The molecule has 0 spiro atoms. The van der Waals surface area contributed by atoms with Crippen LogP contribution in [0.15, 0.2) is 91.0 Å². The van der Waals surface area contributed by atoms with E-state index >= 15 is 35.1 Å². The Bertz CT molecular complexity index is 3380. The fraction of sp³-hybridized carbons (Fsp3) is 0.130. The van der Waals surface area contributed by atoms with Crippen LogP contribution >= 0.6 is 0 Å². The molecule has 1 aliphatic carbocycles. The van der Waals surface area contributed by atoms with Crippen molar-refractivity contribution in [3.63, 3.8) is 0 Å². The summed E-state index contributed by atoms with van der Waals surface area (Å²) in [6, 6.07) is 28.4. The van der Waals surface area contributed by atoms with Crippen LogP contribution < -0.4 is 31.2 Å². The number of aromatic nitrogens is 1. The maximum atomic E-state index is 15.4. The quantitative estimate of drug-likeness (QED) is 0.0200. The number of Topliss-reactive ketones (excluding diaryl/α,β-unsaturated/α-hetero) is 1. The van der Waals surface area contributed by atoms with Crippen molar-refractivity contribution in [2.24, 2.45) is 0 Å². The molecule has 0 amide bonds. The van der Waals surface area contributed by atoms with Crippen molar-refractivity contribution >= 4 is 50.7 Å². The first-order chi connectivity index (χ1) is 37.4. The molecule has 0 unspecified atom stereocenters. The van der Waals surface area contributed by atoms with Gasteiger partial charge in [-0.2, -0.15) is 4.57 Å². The number of ketones is 1. The molecule has 0 atom stereocenters. The van der Waals surface area contributed by atoms with Crippen molar-refractivity contribution in [2.75, 3.05) is 0 Å². The number of halogens is 20. The van der Waals surface area contributed by atoms with Gasteiger partial charge < -0.3 is 4.74 Å². The van der Waals surface area contributed by atoms with E-state index in [1.807, 2.05) is 60.7 Å². The lowest BCUT2D eigenvalue weighted by Gasteiger charge is -2.44. The predicted octanol–water partition coefficient (Wildman–Crippen LogP) is 12.1. The number of nitrogens with zero attached hydrogens (tertiary/aromatic N) is 1. The van der Waals surface area contributed by atoms with E-state index in [9.17, 15) is 62.3 Å². The van der Waals surface area contributed by atoms with E-state index in [-0.39, 0.29) is 12.3 Å². The summed E-state index contributed by atoms with van der Waals surface area (Å²) in [5.74, 6) is -70.8. The molecule has 1 aliphatic rings. The standard InChI is InChI=1S/C30H28NO3.C24BF20/c32-29(25-12-5-2-6-13-25)21-31-27-14-8-7-11-24(27)17-20-28(31)30(33)34-26-18-15-23(16-19-26)22-9-3-1-4-10-22;26-5-1(6(27)14(35)21(42)13(5)34)25(2-7(28)15(36)22(43)16(37)8(2)29,3-9(30)17(38)23(44)18(39)10(3)31)4-11(32)19(40)24(45)20(41)12(4)33/h2,5-8,11-20,22H,1,3-4,9-10,21H2;/q+1;-1. The van der Waals surface area contributed by atoms with Gasteiger partial charge in [0.05, 0.1) is 0 Å². The number of esters is 1. The number of pyridine rings is 1. The third-order valence-electron chi connectivity index (χ3n) is 13.4. The highest BCUT2D eigenvalue weighted by Crippen LogP contribution is 2.34. The van der Waals surface area contributed by atoms with Crippen LogP contribution in [0.25, 0.3) is 10.9 Å². The number of carbonyl (C=O) groups excluding carboxylic acids is 2. The van der Waals surface area contributed by atoms with Crippen molar-refractivity contribution < 1.29 is 107 Å². The largest absolute Gasteiger partial charge is 0.419 e. The van der Waals surface area contributed by atoms with Crippen molar-refractivity contribution in [3.8, 4) is 5.75 Å². The zero-order valence-corrected chi connectivity index (χ0v) is 39.3. The third kappa shape index (κ3) is 9.69. The first-order valence-corrected chi connectivity index (χ1v) is 22.9. The molecule has 0 aliphatic heterocycles. The SMILES string of the molecule is Fc1c(F)c(F)c([B-](c2c(F)c(F)c(F)c(F)c2F)(c2c(F)c(F)c(F)c(F)c2F)c2c(F)c(F)c(F)c(F)c2F)c(F)c1F.O=C(C[n+]1c(C(=O)Oc2ccc(C3CCCCC3)cc2)ccc2ccccc21)c1ccccc1. The zero-order chi connectivity index (χ0) is 57.7. The lowest BCUT2D eigenvalue weighted by molar-refractivity contribution is -0.659. The second-order valence-electron chi connectivity index (χ2n) is 17.7. The van der Waals surface area contributed by atoms with Gasteiger partial charge >= 0.3 is 5.97 Å². The normalized spacial score (nSPS) is 12.9. The number of rotatable bonds is 10. The van der Waals surface area contributed by atoms with Gasteiger partial charge in [-0.05, 0) is 48.6 Å². The molecule has 7 aromatic carbocycles. The molecular formula is C54H28BF20NO3. The van der Waals surface area contributed by atoms with E-state index < -0.39 is 150 Å². The Morgan fingerprint density at radius 3 is 1.15 bits per heavy atom. The highest BCUT2D eigenvalue weighted by molar-refractivity contribution is 7.20. The first kappa shape index (κ1) is 56.9. The Balaban J connectivity index is 0.000000216. The summed E-state index contributed by atoms with van der Waals surface area (Å²) in [5, 5.41) is 0.955. The van der Waals surface area contributed by atoms with Crippen molar-refractivity contribution in [1.29, 1.82) is 0 Å².